The summed E-state index contributed by atoms with van der Waals surface area (Å²) in [4.78, 5) is 0. The minimum atomic E-state index is 0. The molecule has 0 spiro atoms. The summed E-state index contributed by atoms with van der Waals surface area (Å²) in [5.41, 5.74) is 0. The predicted octanol–water partition coefficient (Wildman–Crippen LogP) is -0.0150. The Kier molecular flexibility index (Phi) is 294. The van der Waals surface area contributed by atoms with Crippen molar-refractivity contribution in [2.75, 3.05) is 0 Å². The molecule has 6 heavy (non-hydrogen) atoms. The monoisotopic (exact) mass is 1080 g/mol. The molecule has 0 fully saturated rings. The molecular formula is PdPt5. The molecule has 0 aliphatic rings. The smallest absolute Gasteiger partial charge is 0 e. The van der Waals surface area contributed by atoms with Crippen LogP contribution in [0, 0.1) is 0 Å². The molecule has 0 aromatic rings. The summed E-state index contributed by atoms with van der Waals surface area (Å²) in [7, 11) is 0. The molecule has 0 saturated carbocycles. The molecule has 0 nitrogen and oxygen atoms in total. The average Bonchev–Trinajstić information content (AvgIpc) is 0. The van der Waals surface area contributed by atoms with E-state index < -0.39 is 0 Å². The maximum absolute atomic E-state index is 0. The largest absolute Gasteiger partial charge is 0 e. The van der Waals surface area contributed by atoms with E-state index in [4.69, 9.17) is 0 Å². The van der Waals surface area contributed by atoms with Crippen LogP contribution in [0.15, 0.2) is 0 Å². The molecule has 60 valence electrons. The van der Waals surface area contributed by atoms with Crippen LogP contribution in [-0.2, 0) is 126 Å². The van der Waals surface area contributed by atoms with Crippen molar-refractivity contribution in [1.82, 2.24) is 0 Å². The first-order valence-electron chi connectivity index (χ1n) is 0. The summed E-state index contributed by atoms with van der Waals surface area (Å²) >= 11 is 0. The van der Waals surface area contributed by atoms with Crippen LogP contribution in [0.4, 0.5) is 0 Å². The van der Waals surface area contributed by atoms with Crippen LogP contribution in [0.25, 0.3) is 0 Å². The predicted molar refractivity (Wildman–Crippen MR) is 0 cm³/mol. The molecule has 0 radical (unpaired) electrons. The molecule has 0 rings (SSSR count). The van der Waals surface area contributed by atoms with Crippen molar-refractivity contribution >= 4 is 0 Å². The Hall–Kier alpha value is 4.10. The van der Waals surface area contributed by atoms with E-state index in [1.807, 2.05) is 0 Å². The Bertz CT molecular complexity index is 3.90. The van der Waals surface area contributed by atoms with Crippen LogP contribution < -0.4 is 0 Å². The summed E-state index contributed by atoms with van der Waals surface area (Å²) < 4.78 is 0. The van der Waals surface area contributed by atoms with Gasteiger partial charge in [0.2, 0.25) is 0 Å². The van der Waals surface area contributed by atoms with Crippen LogP contribution in [0.1, 0.15) is 0 Å². The minimum Gasteiger partial charge on any atom is 0 e. The van der Waals surface area contributed by atoms with Crippen molar-refractivity contribution in [2.24, 2.45) is 0 Å². The van der Waals surface area contributed by atoms with Crippen molar-refractivity contribution in [1.29, 1.82) is 0 Å². The summed E-state index contributed by atoms with van der Waals surface area (Å²) in [6, 6.07) is 0. The molecule has 6 heteroatoms. The maximum Gasteiger partial charge on any atom is 0 e. The van der Waals surface area contributed by atoms with Gasteiger partial charge < -0.3 is 0 Å². The molecule has 0 aliphatic carbocycles. The quantitative estimate of drug-likeness (QED) is 0.300. The number of rotatable bonds is 0. The first-order valence-corrected chi connectivity index (χ1v) is 0. The second-order valence-corrected chi connectivity index (χ2v) is 0. The Morgan fingerprint density at radius 1 is 0.333 bits per heavy atom. The minimum absolute atomic E-state index is 0. The van der Waals surface area contributed by atoms with Crippen molar-refractivity contribution in [3.63, 3.8) is 0 Å². The van der Waals surface area contributed by atoms with Gasteiger partial charge in [0.15, 0.2) is 0 Å². The normalized spacial score (nSPS) is 0. The van der Waals surface area contributed by atoms with E-state index in [1.54, 1.807) is 0 Å². The van der Waals surface area contributed by atoms with E-state index in [2.05, 4.69) is 0 Å². The van der Waals surface area contributed by atoms with Gasteiger partial charge in [-0.15, -0.1) is 0 Å². The van der Waals surface area contributed by atoms with Crippen LogP contribution in [0.3, 0.4) is 0 Å². The van der Waals surface area contributed by atoms with Gasteiger partial charge >= 0.3 is 0 Å². The standard InChI is InChI=1S/Pd.5Pt. The second-order valence-electron chi connectivity index (χ2n) is 0. The van der Waals surface area contributed by atoms with E-state index in [9.17, 15) is 0 Å². The van der Waals surface area contributed by atoms with E-state index in [0.717, 1.165) is 0 Å². The van der Waals surface area contributed by atoms with E-state index >= 15 is 0 Å². The third kappa shape index (κ3) is 24.3. The van der Waals surface area contributed by atoms with Crippen molar-refractivity contribution < 1.29 is 126 Å². The first kappa shape index (κ1) is 49.7. The Labute approximate surface area is 123 Å². The van der Waals surface area contributed by atoms with Gasteiger partial charge in [0.1, 0.15) is 0 Å². The van der Waals surface area contributed by atoms with Crippen molar-refractivity contribution in [2.45, 2.75) is 0 Å². The Morgan fingerprint density at radius 3 is 0.333 bits per heavy atom. The van der Waals surface area contributed by atoms with Crippen LogP contribution in [0.5, 0.6) is 0 Å². The third-order valence-corrected chi connectivity index (χ3v) is 0. The fourth-order valence-corrected chi connectivity index (χ4v) is 0. The molecule has 0 atom stereocenters. The molecule has 0 amide bonds. The number of hydrogen-bond acceptors (Lipinski definition) is 0. The summed E-state index contributed by atoms with van der Waals surface area (Å²) in [6.45, 7) is 0. The molecule has 0 bridgehead atoms. The molecule has 0 aromatic heterocycles. The van der Waals surface area contributed by atoms with Gasteiger partial charge in [-0.2, -0.15) is 0 Å². The van der Waals surface area contributed by atoms with Gasteiger partial charge in [-0.05, 0) is 0 Å². The Balaban J connectivity index is 0. The molecular weight excluding hydrogens is 1080 g/mol. The van der Waals surface area contributed by atoms with E-state index in [1.165, 1.54) is 0 Å². The van der Waals surface area contributed by atoms with E-state index in [0.29, 0.717) is 0 Å². The summed E-state index contributed by atoms with van der Waals surface area (Å²) in [6.07, 6.45) is 0. The maximum atomic E-state index is 0. The fraction of sp³-hybridized carbons (Fsp3) is 0. The summed E-state index contributed by atoms with van der Waals surface area (Å²) in [5, 5.41) is 0. The average molecular weight is 1080 g/mol. The van der Waals surface area contributed by atoms with Gasteiger partial charge in [-0.25, -0.2) is 0 Å². The molecule has 0 heterocycles. The molecule has 0 aliphatic heterocycles. The van der Waals surface area contributed by atoms with Gasteiger partial charge in [0.25, 0.3) is 0 Å². The molecule has 0 N–H and O–H groups in total. The van der Waals surface area contributed by atoms with Crippen LogP contribution >= 0.6 is 0 Å². The van der Waals surface area contributed by atoms with Gasteiger partial charge in [0.05, 0.1) is 0 Å². The van der Waals surface area contributed by atoms with E-state index in [-0.39, 0.29) is 126 Å². The zero-order valence-corrected chi connectivity index (χ0v) is 14.8. The Morgan fingerprint density at radius 2 is 0.333 bits per heavy atom. The van der Waals surface area contributed by atoms with Crippen LogP contribution in [0.2, 0.25) is 0 Å². The van der Waals surface area contributed by atoms with Crippen molar-refractivity contribution in [3.8, 4) is 0 Å². The molecule has 0 unspecified atom stereocenters. The summed E-state index contributed by atoms with van der Waals surface area (Å²) in [5.74, 6) is 0. The third-order valence-electron chi connectivity index (χ3n) is 0. The second kappa shape index (κ2) is 35.5. The number of hydrogen-bond donors (Lipinski definition) is 0. The van der Waals surface area contributed by atoms with Gasteiger partial charge in [0, 0.05) is 126 Å². The molecule has 0 saturated heterocycles. The zero-order chi connectivity index (χ0) is 0. The van der Waals surface area contributed by atoms with Crippen molar-refractivity contribution in [3.05, 3.63) is 0 Å². The SMILES string of the molecule is [Pd].[Pt].[Pt].[Pt].[Pt].[Pt]. The van der Waals surface area contributed by atoms with Gasteiger partial charge in [-0.1, -0.05) is 0 Å². The van der Waals surface area contributed by atoms with Crippen LogP contribution in [-0.4, -0.2) is 0 Å². The van der Waals surface area contributed by atoms with Gasteiger partial charge in [-0.3, -0.25) is 0 Å². The fourth-order valence-electron chi connectivity index (χ4n) is 0. The topological polar surface area (TPSA) is 0 Å². The molecule has 0 aromatic carbocycles. The first-order chi connectivity index (χ1) is 0. The zero-order valence-electron chi connectivity index (χ0n) is 1.90.